The molecule has 0 aliphatic carbocycles. The first kappa shape index (κ1) is 23.1. The molecular formula is C26H25N5O3S. The summed E-state index contributed by atoms with van der Waals surface area (Å²) in [5, 5.41) is 20.0. The number of hydrogen-bond acceptors (Lipinski definition) is 7. The molecule has 178 valence electrons. The van der Waals surface area contributed by atoms with Crippen LogP contribution < -0.4 is 0 Å². The fourth-order valence-electron chi connectivity index (χ4n) is 4.05. The number of dihydropyridines is 1. The van der Waals surface area contributed by atoms with Crippen molar-refractivity contribution < 1.29 is 14.9 Å². The van der Waals surface area contributed by atoms with Crippen molar-refractivity contribution in [1.29, 1.82) is 0 Å². The third kappa shape index (κ3) is 4.93. The van der Waals surface area contributed by atoms with Gasteiger partial charge in [-0.05, 0) is 42.8 Å². The van der Waals surface area contributed by atoms with Crippen LogP contribution in [0.3, 0.4) is 0 Å². The van der Waals surface area contributed by atoms with E-state index >= 15 is 0 Å². The molecule has 5 rings (SSSR count). The molecule has 2 atom stereocenters. The van der Waals surface area contributed by atoms with E-state index in [9.17, 15) is 5.11 Å². The fourth-order valence-corrected chi connectivity index (χ4v) is 4.30. The van der Waals surface area contributed by atoms with Crippen molar-refractivity contribution in [3.05, 3.63) is 77.5 Å². The van der Waals surface area contributed by atoms with Crippen LogP contribution in [-0.4, -0.2) is 55.3 Å². The van der Waals surface area contributed by atoms with E-state index in [-0.39, 0.29) is 24.6 Å². The predicted molar refractivity (Wildman–Crippen MR) is 138 cm³/mol. The summed E-state index contributed by atoms with van der Waals surface area (Å²) in [4.78, 5) is 16.5. The molecule has 35 heavy (non-hydrogen) atoms. The maximum Gasteiger partial charge on any atom is 0.214 e. The number of aromatic amines is 1. The van der Waals surface area contributed by atoms with Gasteiger partial charge in [0.2, 0.25) is 5.88 Å². The molecule has 0 fully saturated rings. The van der Waals surface area contributed by atoms with Gasteiger partial charge in [-0.2, -0.15) is 0 Å². The number of H-pyrrole nitrogens is 1. The number of aliphatic imine (C=N–C) groups is 1. The van der Waals surface area contributed by atoms with Crippen LogP contribution in [0.1, 0.15) is 24.4 Å². The van der Waals surface area contributed by atoms with Crippen molar-refractivity contribution in [2.75, 3.05) is 13.2 Å². The average molecular weight is 488 g/mol. The first-order chi connectivity index (χ1) is 17.1. The molecule has 4 heterocycles. The third-order valence-corrected chi connectivity index (χ3v) is 6.17. The number of fused-ring (bicyclic) bond motifs is 1. The number of rotatable bonds is 8. The van der Waals surface area contributed by atoms with Gasteiger partial charge in [-0.3, -0.25) is 14.5 Å². The van der Waals surface area contributed by atoms with Gasteiger partial charge in [0, 0.05) is 42.8 Å². The lowest BCUT2D eigenvalue weighted by Gasteiger charge is -2.17. The molecule has 4 aromatic rings. The molecule has 1 aromatic carbocycles. The third-order valence-electron chi connectivity index (χ3n) is 5.87. The highest BCUT2D eigenvalue weighted by atomic mass is 32.1. The van der Waals surface area contributed by atoms with E-state index in [2.05, 4.69) is 15.0 Å². The summed E-state index contributed by atoms with van der Waals surface area (Å²) in [5.74, 6) is 0.0188. The van der Waals surface area contributed by atoms with E-state index in [1.165, 1.54) is 6.20 Å². The molecule has 8 nitrogen and oxygen atoms in total. The number of aromatic nitrogens is 4. The molecule has 0 spiro atoms. The molecule has 2 unspecified atom stereocenters. The first-order valence-electron chi connectivity index (χ1n) is 11.4. The summed E-state index contributed by atoms with van der Waals surface area (Å²) in [6.07, 6.45) is 12.2. The largest absolute Gasteiger partial charge is 0.493 e. The van der Waals surface area contributed by atoms with Gasteiger partial charge in [0.1, 0.15) is 6.10 Å². The normalized spacial score (nSPS) is 17.3. The van der Waals surface area contributed by atoms with Gasteiger partial charge in [-0.1, -0.05) is 36.4 Å². The summed E-state index contributed by atoms with van der Waals surface area (Å²) >= 11 is 5.38. The van der Waals surface area contributed by atoms with Crippen LogP contribution in [0, 0.1) is 4.77 Å². The minimum absolute atomic E-state index is 0.0188. The summed E-state index contributed by atoms with van der Waals surface area (Å²) in [6, 6.07) is 11.8. The Morgan fingerprint density at radius 1 is 1.11 bits per heavy atom. The van der Waals surface area contributed by atoms with Gasteiger partial charge >= 0.3 is 0 Å². The van der Waals surface area contributed by atoms with Crippen LogP contribution in [0.4, 0.5) is 0 Å². The monoisotopic (exact) mass is 487 g/mol. The maximum atomic E-state index is 10.4. The van der Waals surface area contributed by atoms with Gasteiger partial charge in [-0.15, -0.1) is 0 Å². The van der Waals surface area contributed by atoms with Crippen LogP contribution >= 0.6 is 12.2 Å². The predicted octanol–water partition coefficient (Wildman–Crippen LogP) is 4.69. The first-order valence-corrected chi connectivity index (χ1v) is 11.8. The fraction of sp³-hybridized carbons (Fsp3) is 0.231. The zero-order chi connectivity index (χ0) is 24.2. The number of imidazole rings is 1. The number of aromatic hydroxyl groups is 1. The second-order valence-corrected chi connectivity index (χ2v) is 8.61. The number of hydrogen-bond donors (Lipinski definition) is 3. The molecule has 9 heteroatoms. The molecule has 3 N–H and O–H groups in total. The Bertz CT molecular complexity index is 1430. The van der Waals surface area contributed by atoms with Crippen molar-refractivity contribution in [3.63, 3.8) is 0 Å². The highest BCUT2D eigenvalue weighted by Gasteiger charge is 2.15. The molecule has 0 saturated heterocycles. The Hall–Kier alpha value is -3.66. The lowest BCUT2D eigenvalue weighted by Crippen LogP contribution is -2.16. The molecule has 3 aromatic heterocycles. The second-order valence-electron chi connectivity index (χ2n) is 8.22. The van der Waals surface area contributed by atoms with Crippen molar-refractivity contribution >= 4 is 29.3 Å². The van der Waals surface area contributed by atoms with Crippen LogP contribution in [-0.2, 0) is 4.74 Å². The Kier molecular flexibility index (Phi) is 6.80. The number of nitrogens with zero attached hydrogens (tertiary/aromatic N) is 4. The van der Waals surface area contributed by atoms with Gasteiger partial charge in [0.15, 0.2) is 4.77 Å². The Morgan fingerprint density at radius 2 is 1.97 bits per heavy atom. The van der Waals surface area contributed by atoms with E-state index in [1.807, 2.05) is 54.8 Å². The van der Waals surface area contributed by atoms with E-state index in [4.69, 9.17) is 27.0 Å². The number of benzene rings is 1. The molecule has 1 aliphatic heterocycles. The van der Waals surface area contributed by atoms with Crippen molar-refractivity contribution in [2.24, 2.45) is 4.99 Å². The van der Waals surface area contributed by atoms with Gasteiger partial charge in [0.25, 0.3) is 0 Å². The van der Waals surface area contributed by atoms with E-state index < -0.39 is 0 Å². The molecule has 1 aliphatic rings. The van der Waals surface area contributed by atoms with Gasteiger partial charge in [-0.25, -0.2) is 4.98 Å². The Labute approximate surface area is 207 Å². The topological polar surface area (TPSA) is 109 Å². The lowest BCUT2D eigenvalue weighted by atomic mass is 10.0. The minimum Gasteiger partial charge on any atom is -0.493 e. The van der Waals surface area contributed by atoms with Crippen molar-refractivity contribution in [3.8, 4) is 22.8 Å². The summed E-state index contributed by atoms with van der Waals surface area (Å²) < 4.78 is 7.71. The van der Waals surface area contributed by atoms with Crippen LogP contribution in [0.25, 0.3) is 27.8 Å². The Morgan fingerprint density at radius 3 is 2.69 bits per heavy atom. The smallest absolute Gasteiger partial charge is 0.214 e. The minimum atomic E-state index is -0.129. The molecular weight excluding hydrogens is 462 g/mol. The van der Waals surface area contributed by atoms with Gasteiger partial charge in [0.05, 0.1) is 29.1 Å². The van der Waals surface area contributed by atoms with Crippen molar-refractivity contribution in [2.45, 2.75) is 25.0 Å². The molecule has 0 saturated carbocycles. The quantitative estimate of drug-likeness (QED) is 0.189. The number of pyridine rings is 2. The summed E-state index contributed by atoms with van der Waals surface area (Å²) in [5.41, 5.74) is 4.21. The highest BCUT2D eigenvalue weighted by molar-refractivity contribution is 7.71. The summed E-state index contributed by atoms with van der Waals surface area (Å²) in [6.45, 7) is 0.787. The zero-order valence-corrected chi connectivity index (χ0v) is 19.7. The number of unbranched alkanes of at least 4 members (excludes halogenated alkanes) is 1. The van der Waals surface area contributed by atoms with Crippen LogP contribution in [0.5, 0.6) is 5.88 Å². The van der Waals surface area contributed by atoms with Crippen LogP contribution in [0.15, 0.2) is 72.1 Å². The summed E-state index contributed by atoms with van der Waals surface area (Å²) in [7, 11) is 0. The highest BCUT2D eigenvalue weighted by Crippen LogP contribution is 2.31. The van der Waals surface area contributed by atoms with E-state index in [1.54, 1.807) is 17.0 Å². The molecule has 0 bridgehead atoms. The van der Waals surface area contributed by atoms with Crippen molar-refractivity contribution in [1.82, 2.24) is 19.5 Å². The van der Waals surface area contributed by atoms with Crippen LogP contribution in [0.2, 0.25) is 0 Å². The van der Waals surface area contributed by atoms with Gasteiger partial charge < -0.3 is 19.9 Å². The number of aliphatic hydroxyl groups excluding tert-OH is 1. The van der Waals surface area contributed by atoms with E-state index in [0.29, 0.717) is 17.1 Å². The number of ether oxygens (including phenoxy) is 1. The number of aliphatic hydroxyl groups is 1. The molecule has 0 radical (unpaired) electrons. The number of nitrogens with one attached hydrogen (secondary N) is 1. The molecule has 0 amide bonds. The van der Waals surface area contributed by atoms with E-state index in [0.717, 1.165) is 40.6 Å². The standard InChI is InChI=1S/C26H25N5O3S/c32-11-1-2-12-34-19-7-8-21(28-14-19)17-3-5-18(6-4-17)23-13-24(31-25(33)16-29-26(31)35)20-15-27-10-9-22(20)30-23/h3-10,13-16,19,21,32-33H,1-2,11-12H2,(H,29,35). The zero-order valence-electron chi connectivity index (χ0n) is 18.9. The Balaban J connectivity index is 1.39. The maximum absolute atomic E-state index is 10.4. The average Bonchev–Trinajstić information content (AvgIpc) is 3.24. The second kappa shape index (κ2) is 10.3. The SMILES string of the molecule is OCCCCOC1C=CC(c2ccc(-c3cc(-n4c(O)c[nH]c4=S)c4cnccc4n3)cc2)N=C1. The lowest BCUT2D eigenvalue weighted by molar-refractivity contribution is 0.119.